The third-order valence-electron chi connectivity index (χ3n) is 12.2. The first-order valence-electron chi connectivity index (χ1n) is 13.5. The first-order chi connectivity index (χ1) is 15.4. The zero-order valence-corrected chi connectivity index (χ0v) is 21.7. The lowest BCUT2D eigenvalue weighted by Gasteiger charge is -2.62. The Labute approximate surface area is 199 Å². The predicted octanol–water partition coefficient (Wildman–Crippen LogP) is 5.80. The smallest absolute Gasteiger partial charge is 0.161 e. The number of aliphatic hydroxyl groups is 1. The van der Waals surface area contributed by atoms with Crippen molar-refractivity contribution in [3.63, 3.8) is 0 Å². The lowest BCUT2D eigenvalue weighted by Crippen LogP contribution is -2.58. The normalized spacial score (nSPS) is 51.5. The van der Waals surface area contributed by atoms with E-state index >= 15 is 0 Å². The van der Waals surface area contributed by atoms with E-state index in [9.17, 15) is 14.7 Å². The molecule has 0 aromatic rings. The summed E-state index contributed by atoms with van der Waals surface area (Å²) in [5, 5.41) is 10.3. The van der Waals surface area contributed by atoms with E-state index < -0.39 is 5.41 Å². The Morgan fingerprint density at radius 3 is 2.42 bits per heavy atom. The van der Waals surface area contributed by atoms with Gasteiger partial charge in [0.25, 0.3) is 0 Å². The number of aliphatic hydroxyl groups excluding tert-OH is 1. The van der Waals surface area contributed by atoms with Crippen LogP contribution in [-0.2, 0) is 14.3 Å². The first-order valence-corrected chi connectivity index (χ1v) is 13.5. The van der Waals surface area contributed by atoms with Crippen LogP contribution in [0.4, 0.5) is 0 Å². The summed E-state index contributed by atoms with van der Waals surface area (Å²) in [4.78, 5) is 25.5. The molecule has 184 valence electrons. The number of carbonyl (C=O) groups is 2. The number of hydrogen-bond acceptors (Lipinski definition) is 4. The van der Waals surface area contributed by atoms with E-state index in [1.807, 2.05) is 13.8 Å². The van der Waals surface area contributed by atoms with Crippen molar-refractivity contribution in [1.29, 1.82) is 0 Å². The number of Topliss-reactive ketones (excluding diaryl/α,β-unsaturated/α-hetero) is 2. The number of fused-ring (bicyclic) bond motifs is 5. The summed E-state index contributed by atoms with van der Waals surface area (Å²) in [6.07, 6.45) is 9.02. The largest absolute Gasteiger partial charge is 0.395 e. The first kappa shape index (κ1) is 23.7. The molecule has 2 saturated carbocycles. The van der Waals surface area contributed by atoms with E-state index in [0.29, 0.717) is 18.8 Å². The molecule has 4 nitrogen and oxygen atoms in total. The van der Waals surface area contributed by atoms with Crippen molar-refractivity contribution in [2.75, 3.05) is 6.61 Å². The van der Waals surface area contributed by atoms with Gasteiger partial charge in [0.1, 0.15) is 11.9 Å². The van der Waals surface area contributed by atoms with Crippen LogP contribution in [0.1, 0.15) is 106 Å². The molecular formula is C29H44O4. The fraction of sp³-hybridized carbons (Fsp3) is 0.862. The molecule has 1 N–H and O–H groups in total. The van der Waals surface area contributed by atoms with Crippen molar-refractivity contribution < 1.29 is 19.4 Å². The van der Waals surface area contributed by atoms with Crippen LogP contribution in [0, 0.1) is 33.5 Å². The molecule has 1 spiro atoms. The van der Waals surface area contributed by atoms with E-state index in [0.717, 1.165) is 51.4 Å². The maximum atomic E-state index is 12.9. The van der Waals surface area contributed by atoms with Gasteiger partial charge in [-0.3, -0.25) is 9.59 Å². The third-order valence-corrected chi connectivity index (χ3v) is 12.2. The lowest BCUT2D eigenvalue weighted by atomic mass is 9.43. The second-order valence-corrected chi connectivity index (χ2v) is 13.1. The summed E-state index contributed by atoms with van der Waals surface area (Å²) in [5.74, 6) is 1.13. The van der Waals surface area contributed by atoms with Gasteiger partial charge in [0.15, 0.2) is 5.78 Å². The van der Waals surface area contributed by atoms with E-state index in [2.05, 4.69) is 27.7 Å². The van der Waals surface area contributed by atoms with Crippen molar-refractivity contribution in [2.45, 2.75) is 117 Å². The van der Waals surface area contributed by atoms with Gasteiger partial charge in [-0.15, -0.1) is 0 Å². The zero-order valence-electron chi connectivity index (χ0n) is 21.7. The average Bonchev–Trinajstić information content (AvgIpc) is 3.26. The molecule has 0 radical (unpaired) electrons. The monoisotopic (exact) mass is 456 g/mol. The molecular weight excluding hydrogens is 412 g/mol. The summed E-state index contributed by atoms with van der Waals surface area (Å²) in [7, 11) is 0. The van der Waals surface area contributed by atoms with Gasteiger partial charge < -0.3 is 9.84 Å². The van der Waals surface area contributed by atoms with Gasteiger partial charge in [0, 0.05) is 18.3 Å². The van der Waals surface area contributed by atoms with Crippen LogP contribution in [0.2, 0.25) is 0 Å². The minimum Gasteiger partial charge on any atom is -0.395 e. The molecule has 4 aliphatic carbocycles. The number of allylic oxidation sites excluding steroid dienone is 2. The summed E-state index contributed by atoms with van der Waals surface area (Å²) >= 11 is 0. The summed E-state index contributed by atoms with van der Waals surface area (Å²) in [5.41, 5.74) is 2.52. The highest BCUT2D eigenvalue weighted by atomic mass is 16.5. The molecule has 1 saturated heterocycles. The fourth-order valence-corrected chi connectivity index (χ4v) is 9.89. The predicted molar refractivity (Wildman–Crippen MR) is 129 cm³/mol. The molecule has 1 aliphatic heterocycles. The second-order valence-electron chi connectivity index (χ2n) is 13.1. The highest BCUT2D eigenvalue weighted by Crippen LogP contribution is 2.75. The van der Waals surface area contributed by atoms with Crippen LogP contribution in [0.5, 0.6) is 0 Å². The quantitative estimate of drug-likeness (QED) is 0.545. The minimum atomic E-state index is -0.610. The SMILES string of the molecule is CCC(=O)[C@H]1C[C@H](C)[C@@]2(CC[C@]3(C)C4=C(CC[C@]32C)[C@]2(C)CCC(=O)[C@@](C)(CO)[C@H]2CC4)O1. The topological polar surface area (TPSA) is 63.6 Å². The molecule has 5 rings (SSSR count). The number of ether oxygens (including phenoxy) is 1. The molecule has 0 bridgehead atoms. The van der Waals surface area contributed by atoms with Crippen molar-refractivity contribution >= 4 is 11.6 Å². The number of hydrogen-bond donors (Lipinski definition) is 1. The molecule has 0 unspecified atom stereocenters. The van der Waals surface area contributed by atoms with Crippen LogP contribution in [-0.4, -0.2) is 35.0 Å². The number of carbonyl (C=O) groups excluding carboxylic acids is 2. The van der Waals surface area contributed by atoms with Crippen molar-refractivity contribution in [3.05, 3.63) is 11.1 Å². The maximum absolute atomic E-state index is 12.9. The van der Waals surface area contributed by atoms with Crippen molar-refractivity contribution in [1.82, 2.24) is 0 Å². The zero-order chi connectivity index (χ0) is 24.0. The van der Waals surface area contributed by atoms with Gasteiger partial charge in [-0.05, 0) is 74.0 Å². The molecule has 1 heterocycles. The summed E-state index contributed by atoms with van der Waals surface area (Å²) < 4.78 is 6.84. The van der Waals surface area contributed by atoms with Gasteiger partial charge in [-0.25, -0.2) is 0 Å². The second kappa shape index (κ2) is 7.26. The molecule has 4 heteroatoms. The Hall–Kier alpha value is -1.00. The van der Waals surface area contributed by atoms with Crippen LogP contribution in [0.25, 0.3) is 0 Å². The summed E-state index contributed by atoms with van der Waals surface area (Å²) in [6.45, 7) is 13.6. The van der Waals surface area contributed by atoms with Crippen LogP contribution < -0.4 is 0 Å². The van der Waals surface area contributed by atoms with Gasteiger partial charge in [0.05, 0.1) is 17.6 Å². The van der Waals surface area contributed by atoms with Crippen molar-refractivity contribution in [2.24, 2.45) is 33.5 Å². The van der Waals surface area contributed by atoms with E-state index in [1.54, 1.807) is 11.1 Å². The molecule has 0 amide bonds. The van der Waals surface area contributed by atoms with Gasteiger partial charge >= 0.3 is 0 Å². The molecule has 8 atom stereocenters. The molecule has 5 aliphatic rings. The van der Waals surface area contributed by atoms with E-state index in [-0.39, 0.29) is 52.0 Å². The molecule has 0 aromatic carbocycles. The van der Waals surface area contributed by atoms with Crippen molar-refractivity contribution in [3.8, 4) is 0 Å². The number of rotatable bonds is 3. The Morgan fingerprint density at radius 2 is 1.76 bits per heavy atom. The van der Waals surface area contributed by atoms with Crippen LogP contribution in [0.15, 0.2) is 11.1 Å². The Kier molecular flexibility index (Phi) is 5.22. The van der Waals surface area contributed by atoms with Crippen LogP contribution >= 0.6 is 0 Å². The maximum Gasteiger partial charge on any atom is 0.161 e. The van der Waals surface area contributed by atoms with E-state index in [4.69, 9.17) is 4.74 Å². The number of ketones is 2. The molecule has 33 heavy (non-hydrogen) atoms. The minimum absolute atomic E-state index is 0.00191. The highest BCUT2D eigenvalue weighted by molar-refractivity contribution is 5.86. The van der Waals surface area contributed by atoms with Crippen LogP contribution in [0.3, 0.4) is 0 Å². The highest BCUT2D eigenvalue weighted by Gasteiger charge is 2.71. The van der Waals surface area contributed by atoms with Gasteiger partial charge in [-0.2, -0.15) is 0 Å². The average molecular weight is 457 g/mol. The molecule has 0 aromatic heterocycles. The third kappa shape index (κ3) is 2.66. The van der Waals surface area contributed by atoms with Gasteiger partial charge in [-0.1, -0.05) is 52.7 Å². The molecule has 3 fully saturated rings. The lowest BCUT2D eigenvalue weighted by molar-refractivity contribution is -0.163. The standard InChI is InChI=1S/C29H44O4/c1-7-21(31)22-16-18(2)29(33-22)15-14-27(5)20-8-9-23-25(3,19(20)10-13-28(27,29)6)12-11-24(32)26(23,4)17-30/h18,22-23,30H,7-17H2,1-6H3/t18-,22+,23-,25-,26-,27+,28+,29+/m0/s1. The fourth-order valence-electron chi connectivity index (χ4n) is 9.89. The van der Waals surface area contributed by atoms with Gasteiger partial charge in [0.2, 0.25) is 0 Å². The Balaban J connectivity index is 1.57. The Bertz CT molecular complexity index is 921. The van der Waals surface area contributed by atoms with E-state index in [1.165, 1.54) is 0 Å². The Morgan fingerprint density at radius 1 is 1.03 bits per heavy atom. The summed E-state index contributed by atoms with van der Waals surface area (Å²) in [6, 6.07) is 0.